The Kier molecular flexibility index (Phi) is 6.90. The van der Waals surface area contributed by atoms with Crippen molar-refractivity contribution in [2.45, 2.75) is 52.5 Å². The van der Waals surface area contributed by atoms with E-state index in [9.17, 15) is 9.59 Å². The van der Waals surface area contributed by atoms with E-state index >= 15 is 0 Å². The summed E-state index contributed by atoms with van der Waals surface area (Å²) in [6, 6.07) is 7.33. The van der Waals surface area contributed by atoms with Crippen molar-refractivity contribution in [3.8, 4) is 5.75 Å². The molecule has 29 heavy (non-hydrogen) atoms. The molecule has 0 bridgehead atoms. The zero-order valence-corrected chi connectivity index (χ0v) is 18.3. The lowest BCUT2D eigenvalue weighted by Gasteiger charge is -2.41. The third-order valence-electron chi connectivity index (χ3n) is 5.51. The molecule has 1 aliphatic rings. The van der Waals surface area contributed by atoms with Gasteiger partial charge < -0.3 is 15.0 Å². The first kappa shape index (κ1) is 21.3. The smallest absolute Gasteiger partial charge is 0.231 e. The van der Waals surface area contributed by atoms with Crippen molar-refractivity contribution in [2.24, 2.45) is 5.92 Å². The van der Waals surface area contributed by atoms with Gasteiger partial charge in [-0.2, -0.15) is 0 Å². The van der Waals surface area contributed by atoms with Gasteiger partial charge in [0.15, 0.2) is 5.13 Å². The van der Waals surface area contributed by atoms with E-state index in [4.69, 9.17) is 4.74 Å². The number of benzene rings is 1. The fraction of sp³-hybridized carbons (Fsp3) is 0.500. The molecule has 0 unspecified atom stereocenters. The number of carbonyl (C=O) groups is 2. The number of thiazole rings is 1. The molecule has 2 amide bonds. The molecular formula is C22H29N3O3S. The minimum absolute atomic E-state index is 0.0938. The number of hydrogen-bond donors (Lipinski definition) is 1. The number of piperidine rings is 1. The van der Waals surface area contributed by atoms with Crippen LogP contribution in [0.5, 0.6) is 5.75 Å². The normalized spacial score (nSPS) is 19.3. The van der Waals surface area contributed by atoms with E-state index < -0.39 is 0 Å². The summed E-state index contributed by atoms with van der Waals surface area (Å²) in [6.45, 7) is 6.66. The summed E-state index contributed by atoms with van der Waals surface area (Å²) in [5, 5.41) is 3.60. The van der Waals surface area contributed by atoms with Gasteiger partial charge in [-0.15, -0.1) is 11.3 Å². The maximum atomic E-state index is 13.3. The Morgan fingerprint density at radius 2 is 2.10 bits per heavy atom. The number of aryl methyl sites for hydroxylation is 2. The minimum Gasteiger partial charge on any atom is -0.496 e. The van der Waals surface area contributed by atoms with E-state index in [1.807, 2.05) is 43.0 Å². The summed E-state index contributed by atoms with van der Waals surface area (Å²) in [4.78, 5) is 33.5. The summed E-state index contributed by atoms with van der Waals surface area (Å²) < 4.78 is 5.57. The third-order valence-corrected chi connectivity index (χ3v) is 6.50. The van der Waals surface area contributed by atoms with Crippen LogP contribution in [0.4, 0.5) is 5.13 Å². The first-order valence-corrected chi connectivity index (χ1v) is 10.9. The SMILES string of the molecule is CCCCN1C(=O)CC[C@@H](C(=O)Nc2nc(C)c(C)s2)[C@@H]1c1ccccc1OC. The number of rotatable bonds is 7. The van der Waals surface area contributed by atoms with Crippen LogP contribution in [0.2, 0.25) is 0 Å². The van der Waals surface area contributed by atoms with Gasteiger partial charge in [0, 0.05) is 23.4 Å². The van der Waals surface area contributed by atoms with Crippen molar-refractivity contribution in [3.63, 3.8) is 0 Å². The molecule has 2 heterocycles. The second-order valence-corrected chi connectivity index (χ2v) is 8.63. The molecule has 0 radical (unpaired) electrons. The average molecular weight is 416 g/mol. The predicted octanol–water partition coefficient (Wildman–Crippen LogP) is 4.49. The van der Waals surface area contributed by atoms with Crippen molar-refractivity contribution in [2.75, 3.05) is 19.0 Å². The molecule has 156 valence electrons. The van der Waals surface area contributed by atoms with Crippen LogP contribution in [0, 0.1) is 19.8 Å². The maximum Gasteiger partial charge on any atom is 0.231 e. The van der Waals surface area contributed by atoms with Gasteiger partial charge in [0.2, 0.25) is 11.8 Å². The fourth-order valence-corrected chi connectivity index (χ4v) is 4.66. The van der Waals surface area contributed by atoms with Crippen LogP contribution < -0.4 is 10.1 Å². The lowest BCUT2D eigenvalue weighted by atomic mass is 9.83. The van der Waals surface area contributed by atoms with Crippen LogP contribution in [-0.2, 0) is 9.59 Å². The average Bonchev–Trinajstić information content (AvgIpc) is 3.03. The second-order valence-electron chi connectivity index (χ2n) is 7.42. The van der Waals surface area contributed by atoms with Gasteiger partial charge in [-0.05, 0) is 32.8 Å². The standard InChI is InChI=1S/C22H29N3O3S/c1-5-6-13-25-19(26)12-11-17(20(25)16-9-7-8-10-18(16)28-4)21(27)24-22-23-14(2)15(3)29-22/h7-10,17,20H,5-6,11-13H2,1-4H3,(H,23,24,27)/t17-,20+/m1/s1. The van der Waals surface area contributed by atoms with Crippen molar-refractivity contribution >= 4 is 28.3 Å². The van der Waals surface area contributed by atoms with E-state index in [1.54, 1.807) is 7.11 Å². The van der Waals surface area contributed by atoms with E-state index in [0.717, 1.165) is 29.0 Å². The van der Waals surface area contributed by atoms with Gasteiger partial charge >= 0.3 is 0 Å². The Morgan fingerprint density at radius 1 is 1.34 bits per heavy atom. The van der Waals surface area contributed by atoms with Crippen LogP contribution in [0.25, 0.3) is 0 Å². The number of nitrogens with one attached hydrogen (secondary N) is 1. The molecule has 1 aromatic heterocycles. The molecule has 2 aromatic rings. The predicted molar refractivity (Wildman–Crippen MR) is 115 cm³/mol. The first-order chi connectivity index (χ1) is 14.0. The monoisotopic (exact) mass is 415 g/mol. The molecule has 2 atom stereocenters. The number of anilines is 1. The van der Waals surface area contributed by atoms with E-state index in [2.05, 4.69) is 17.2 Å². The Hall–Kier alpha value is -2.41. The van der Waals surface area contributed by atoms with Gasteiger partial charge in [0.1, 0.15) is 5.75 Å². The Bertz CT molecular complexity index is 860. The van der Waals surface area contributed by atoms with Crippen LogP contribution in [0.3, 0.4) is 0 Å². The topological polar surface area (TPSA) is 71.5 Å². The zero-order chi connectivity index (χ0) is 21.0. The largest absolute Gasteiger partial charge is 0.496 e. The molecule has 7 heteroatoms. The highest BCUT2D eigenvalue weighted by Crippen LogP contribution is 2.41. The van der Waals surface area contributed by atoms with Gasteiger partial charge in [0.05, 0.1) is 24.8 Å². The van der Waals surface area contributed by atoms with Crippen LogP contribution in [-0.4, -0.2) is 35.4 Å². The molecule has 1 fully saturated rings. The Labute approximate surface area is 176 Å². The number of aromatic nitrogens is 1. The van der Waals surface area contributed by atoms with Crippen LogP contribution in [0.15, 0.2) is 24.3 Å². The van der Waals surface area contributed by atoms with Crippen LogP contribution in [0.1, 0.15) is 54.8 Å². The molecule has 1 aromatic carbocycles. The number of para-hydroxylation sites is 1. The van der Waals surface area contributed by atoms with Gasteiger partial charge in [0.25, 0.3) is 0 Å². The molecular weight excluding hydrogens is 386 g/mol. The van der Waals surface area contributed by atoms with Crippen molar-refractivity contribution in [3.05, 3.63) is 40.4 Å². The Morgan fingerprint density at radius 3 is 2.76 bits per heavy atom. The highest BCUT2D eigenvalue weighted by Gasteiger charge is 2.41. The van der Waals surface area contributed by atoms with E-state index in [-0.39, 0.29) is 23.8 Å². The number of unbranched alkanes of at least 4 members (excludes halogenated alkanes) is 1. The molecule has 6 nitrogen and oxygen atoms in total. The van der Waals surface area contributed by atoms with Crippen molar-refractivity contribution in [1.82, 2.24) is 9.88 Å². The second kappa shape index (κ2) is 9.39. The third kappa shape index (κ3) is 4.61. The number of nitrogens with zero attached hydrogens (tertiary/aromatic N) is 2. The molecule has 1 N–H and O–H groups in total. The summed E-state index contributed by atoms with van der Waals surface area (Å²) in [5.74, 6) is 0.348. The molecule has 3 rings (SSSR count). The highest BCUT2D eigenvalue weighted by atomic mass is 32.1. The van der Waals surface area contributed by atoms with Gasteiger partial charge in [-0.3, -0.25) is 9.59 Å². The number of carbonyl (C=O) groups excluding carboxylic acids is 2. The number of methoxy groups -OCH3 is 1. The number of ether oxygens (including phenoxy) is 1. The van der Waals surface area contributed by atoms with Crippen molar-refractivity contribution < 1.29 is 14.3 Å². The quantitative estimate of drug-likeness (QED) is 0.723. The lowest BCUT2D eigenvalue weighted by Crippen LogP contribution is -2.47. The van der Waals surface area contributed by atoms with Gasteiger partial charge in [-0.25, -0.2) is 4.98 Å². The summed E-state index contributed by atoms with van der Waals surface area (Å²) in [5.41, 5.74) is 1.81. The zero-order valence-electron chi connectivity index (χ0n) is 17.5. The number of likely N-dealkylation sites (tertiary alicyclic amines) is 1. The fourth-order valence-electron chi connectivity index (χ4n) is 3.84. The van der Waals surface area contributed by atoms with Crippen molar-refractivity contribution in [1.29, 1.82) is 0 Å². The first-order valence-electron chi connectivity index (χ1n) is 10.1. The van der Waals surface area contributed by atoms with E-state index in [1.165, 1.54) is 11.3 Å². The van der Waals surface area contributed by atoms with Gasteiger partial charge in [-0.1, -0.05) is 31.5 Å². The summed E-state index contributed by atoms with van der Waals surface area (Å²) >= 11 is 1.48. The molecule has 1 aliphatic heterocycles. The molecule has 0 spiro atoms. The minimum atomic E-state index is -0.356. The highest BCUT2D eigenvalue weighted by molar-refractivity contribution is 7.15. The Balaban J connectivity index is 1.95. The maximum absolute atomic E-state index is 13.3. The molecule has 0 saturated carbocycles. The number of hydrogen-bond acceptors (Lipinski definition) is 5. The summed E-state index contributed by atoms with van der Waals surface area (Å²) in [7, 11) is 1.62. The lowest BCUT2D eigenvalue weighted by molar-refractivity contribution is -0.142. The van der Waals surface area contributed by atoms with E-state index in [0.29, 0.717) is 30.3 Å². The molecule has 1 saturated heterocycles. The molecule has 0 aliphatic carbocycles. The number of amides is 2. The summed E-state index contributed by atoms with van der Waals surface area (Å²) in [6.07, 6.45) is 2.77. The van der Waals surface area contributed by atoms with Crippen LogP contribution >= 0.6 is 11.3 Å².